The largest absolute Gasteiger partial charge is 0.387 e. The second kappa shape index (κ2) is 11.8. The van der Waals surface area contributed by atoms with Crippen LogP contribution in [-0.4, -0.2) is 15.0 Å². The van der Waals surface area contributed by atoms with E-state index in [2.05, 4.69) is 102 Å². The standard InChI is InChI=1S/C44H30N4/c1-3-11-29(12-4-1)42-46-43(30-13-5-2-6-14-30)48-44(47-42)37-25-35(31-19-20-34-28-45-22-21-32(34)23-31)24-36(26-37)41-27-33-15-7-8-16-38(33)39-17-9-10-18-40(39)41/h1-27,45H,28H2. The average Bonchev–Trinajstić information content (AvgIpc) is 3.17. The van der Waals surface area contributed by atoms with Gasteiger partial charge in [-0.3, -0.25) is 0 Å². The highest BCUT2D eigenvalue weighted by Crippen LogP contribution is 2.39. The SMILES string of the molecule is C1=Cc2cc(-c3cc(-c4nc(-c5ccccc5)nc(-c5ccccc5)n4)cc(-c4cc5ccccc5c5ccccc45)c3)ccc2CN1. The predicted molar refractivity (Wildman–Crippen MR) is 198 cm³/mol. The minimum Gasteiger partial charge on any atom is -0.387 e. The summed E-state index contributed by atoms with van der Waals surface area (Å²) in [6.07, 6.45) is 4.17. The van der Waals surface area contributed by atoms with E-state index in [-0.39, 0.29) is 0 Å². The minimum atomic E-state index is 0.637. The topological polar surface area (TPSA) is 50.7 Å². The molecule has 2 heterocycles. The number of nitrogens with zero attached hydrogens (tertiary/aromatic N) is 3. The third-order valence-electron chi connectivity index (χ3n) is 9.12. The lowest BCUT2D eigenvalue weighted by atomic mass is 9.89. The van der Waals surface area contributed by atoms with Crippen molar-refractivity contribution < 1.29 is 0 Å². The van der Waals surface area contributed by atoms with Gasteiger partial charge in [-0.25, -0.2) is 15.0 Å². The maximum Gasteiger partial charge on any atom is 0.164 e. The Kier molecular flexibility index (Phi) is 6.83. The van der Waals surface area contributed by atoms with Crippen LogP contribution in [0, 0.1) is 0 Å². The van der Waals surface area contributed by atoms with E-state index in [1.54, 1.807) is 0 Å². The van der Waals surface area contributed by atoms with Crippen LogP contribution in [0.3, 0.4) is 0 Å². The predicted octanol–water partition coefficient (Wildman–Crippen LogP) is 10.6. The number of hydrogen-bond acceptors (Lipinski definition) is 4. The number of fused-ring (bicyclic) bond motifs is 4. The third kappa shape index (κ3) is 5.10. The smallest absolute Gasteiger partial charge is 0.164 e. The number of benzene rings is 7. The molecule has 0 saturated carbocycles. The van der Waals surface area contributed by atoms with Crippen LogP contribution in [0.25, 0.3) is 84.0 Å². The van der Waals surface area contributed by atoms with Crippen molar-refractivity contribution in [3.05, 3.63) is 169 Å². The van der Waals surface area contributed by atoms with Crippen LogP contribution >= 0.6 is 0 Å². The van der Waals surface area contributed by atoms with Gasteiger partial charge >= 0.3 is 0 Å². The van der Waals surface area contributed by atoms with Crippen molar-refractivity contribution in [1.29, 1.82) is 0 Å². The molecule has 1 aliphatic heterocycles. The van der Waals surface area contributed by atoms with Gasteiger partial charge < -0.3 is 5.32 Å². The maximum absolute atomic E-state index is 5.11. The molecule has 0 fully saturated rings. The van der Waals surface area contributed by atoms with Gasteiger partial charge in [0.05, 0.1) is 0 Å². The Morgan fingerprint density at radius 1 is 0.417 bits per heavy atom. The number of nitrogens with one attached hydrogen (secondary N) is 1. The van der Waals surface area contributed by atoms with Gasteiger partial charge in [-0.1, -0.05) is 121 Å². The van der Waals surface area contributed by atoms with E-state index >= 15 is 0 Å². The van der Waals surface area contributed by atoms with E-state index in [9.17, 15) is 0 Å². The zero-order valence-corrected chi connectivity index (χ0v) is 26.1. The Morgan fingerprint density at radius 2 is 1.00 bits per heavy atom. The minimum absolute atomic E-state index is 0.637. The molecule has 0 radical (unpaired) electrons. The highest BCUT2D eigenvalue weighted by molar-refractivity contribution is 6.14. The van der Waals surface area contributed by atoms with E-state index in [1.807, 2.05) is 66.9 Å². The molecular weight excluding hydrogens is 585 g/mol. The first-order valence-electron chi connectivity index (χ1n) is 16.2. The van der Waals surface area contributed by atoms with Crippen molar-refractivity contribution >= 4 is 27.6 Å². The summed E-state index contributed by atoms with van der Waals surface area (Å²) in [6.45, 7) is 0.829. The quantitative estimate of drug-likeness (QED) is 0.196. The molecule has 0 bridgehead atoms. The molecule has 4 heteroatoms. The molecule has 1 N–H and O–H groups in total. The highest BCUT2D eigenvalue weighted by Gasteiger charge is 2.17. The summed E-state index contributed by atoms with van der Waals surface area (Å²) in [5.41, 5.74) is 9.90. The van der Waals surface area contributed by atoms with Gasteiger partial charge in [-0.05, 0) is 97.5 Å². The van der Waals surface area contributed by atoms with Crippen LogP contribution < -0.4 is 5.32 Å². The second-order valence-corrected chi connectivity index (χ2v) is 12.2. The molecule has 48 heavy (non-hydrogen) atoms. The molecule has 0 unspecified atom stereocenters. The molecule has 0 atom stereocenters. The third-order valence-corrected chi connectivity index (χ3v) is 9.12. The van der Waals surface area contributed by atoms with Crippen molar-refractivity contribution in [2.45, 2.75) is 6.54 Å². The first-order chi connectivity index (χ1) is 23.8. The molecule has 1 aliphatic rings. The molecule has 0 amide bonds. The Balaban J connectivity index is 1.32. The fraction of sp³-hybridized carbons (Fsp3) is 0.0227. The number of rotatable bonds is 5. The molecule has 0 saturated heterocycles. The van der Waals surface area contributed by atoms with Gasteiger partial charge in [0.15, 0.2) is 17.5 Å². The molecule has 8 aromatic rings. The first kappa shape index (κ1) is 27.9. The lowest BCUT2D eigenvalue weighted by Gasteiger charge is -2.16. The molecule has 0 spiro atoms. The summed E-state index contributed by atoms with van der Waals surface area (Å²) in [4.78, 5) is 15.2. The van der Waals surface area contributed by atoms with E-state index in [0.717, 1.165) is 39.9 Å². The summed E-state index contributed by atoms with van der Waals surface area (Å²) in [5.74, 6) is 1.93. The molecule has 1 aromatic heterocycles. The van der Waals surface area contributed by atoms with Gasteiger partial charge in [0, 0.05) is 23.2 Å². The van der Waals surface area contributed by atoms with Crippen molar-refractivity contribution in [2.24, 2.45) is 0 Å². The van der Waals surface area contributed by atoms with E-state index in [0.29, 0.717) is 17.5 Å². The zero-order chi connectivity index (χ0) is 31.9. The Bertz CT molecular complexity index is 2440. The molecule has 0 aliphatic carbocycles. The van der Waals surface area contributed by atoms with Crippen LogP contribution in [0.5, 0.6) is 0 Å². The van der Waals surface area contributed by atoms with Gasteiger partial charge in [0.2, 0.25) is 0 Å². The Labute approximate surface area is 279 Å². The summed E-state index contributed by atoms with van der Waals surface area (Å²) in [7, 11) is 0. The van der Waals surface area contributed by atoms with Crippen LogP contribution in [0.15, 0.2) is 158 Å². The van der Waals surface area contributed by atoms with E-state index in [1.165, 1.54) is 38.2 Å². The summed E-state index contributed by atoms with van der Waals surface area (Å²) in [6, 6.07) is 53.4. The van der Waals surface area contributed by atoms with Crippen LogP contribution in [0.4, 0.5) is 0 Å². The number of hydrogen-bond donors (Lipinski definition) is 1. The zero-order valence-electron chi connectivity index (χ0n) is 26.1. The van der Waals surface area contributed by atoms with Crippen LogP contribution in [-0.2, 0) is 6.54 Å². The van der Waals surface area contributed by atoms with E-state index in [4.69, 9.17) is 15.0 Å². The summed E-state index contributed by atoms with van der Waals surface area (Å²) in [5, 5.41) is 8.24. The monoisotopic (exact) mass is 614 g/mol. The first-order valence-corrected chi connectivity index (χ1v) is 16.2. The van der Waals surface area contributed by atoms with Gasteiger partial charge in [0.1, 0.15) is 0 Å². The fourth-order valence-electron chi connectivity index (χ4n) is 6.72. The van der Waals surface area contributed by atoms with Crippen LogP contribution in [0.1, 0.15) is 11.1 Å². The molecule has 4 nitrogen and oxygen atoms in total. The average molecular weight is 615 g/mol. The van der Waals surface area contributed by atoms with Gasteiger partial charge in [-0.15, -0.1) is 0 Å². The summed E-state index contributed by atoms with van der Waals surface area (Å²) >= 11 is 0. The lowest BCUT2D eigenvalue weighted by molar-refractivity contribution is 0.859. The van der Waals surface area contributed by atoms with Crippen molar-refractivity contribution in [3.63, 3.8) is 0 Å². The maximum atomic E-state index is 5.11. The van der Waals surface area contributed by atoms with Gasteiger partial charge in [-0.2, -0.15) is 0 Å². The fourth-order valence-corrected chi connectivity index (χ4v) is 6.72. The van der Waals surface area contributed by atoms with Crippen molar-refractivity contribution in [3.8, 4) is 56.4 Å². The lowest BCUT2D eigenvalue weighted by Crippen LogP contribution is -2.09. The van der Waals surface area contributed by atoms with E-state index < -0.39 is 0 Å². The molecule has 226 valence electrons. The van der Waals surface area contributed by atoms with Crippen molar-refractivity contribution in [1.82, 2.24) is 20.3 Å². The molecule has 7 aromatic carbocycles. The van der Waals surface area contributed by atoms with Crippen molar-refractivity contribution in [2.75, 3.05) is 0 Å². The molecular formula is C44H30N4. The Morgan fingerprint density at radius 3 is 1.73 bits per heavy atom. The second-order valence-electron chi connectivity index (χ2n) is 12.2. The Hall–Kier alpha value is -6.39. The molecule has 9 rings (SSSR count). The van der Waals surface area contributed by atoms with Crippen LogP contribution in [0.2, 0.25) is 0 Å². The normalized spacial score (nSPS) is 12.2. The summed E-state index contributed by atoms with van der Waals surface area (Å²) < 4.78 is 0. The number of aromatic nitrogens is 3. The highest BCUT2D eigenvalue weighted by atomic mass is 15.0. The van der Waals surface area contributed by atoms with Gasteiger partial charge in [0.25, 0.3) is 0 Å².